The van der Waals surface area contributed by atoms with Gasteiger partial charge in [-0.2, -0.15) is 0 Å². The molecule has 2 unspecified atom stereocenters. The van der Waals surface area contributed by atoms with E-state index in [1.165, 1.54) is 32.1 Å². The molecule has 0 amide bonds. The third kappa shape index (κ3) is 5.08. The first-order valence-corrected chi connectivity index (χ1v) is 8.50. The molecule has 0 heterocycles. The molecule has 0 aromatic carbocycles. The van der Waals surface area contributed by atoms with E-state index in [0.29, 0.717) is 5.92 Å². The second-order valence-electron chi connectivity index (χ2n) is 6.77. The van der Waals surface area contributed by atoms with E-state index in [2.05, 4.69) is 25.7 Å². The molecule has 0 radical (unpaired) electrons. The highest BCUT2D eigenvalue weighted by atomic mass is 16.4. The SMILES string of the molecule is CCCCN(CCCC)CC1(C(=O)O)CCCC(C)C1. The minimum atomic E-state index is -0.568. The highest BCUT2D eigenvalue weighted by Crippen LogP contribution is 2.40. The fraction of sp³-hybridized carbons (Fsp3) is 0.941. The normalized spacial score (nSPS) is 26.9. The third-order valence-electron chi connectivity index (χ3n) is 4.73. The predicted octanol–water partition coefficient (Wildman–Crippen LogP) is 4.17. The molecule has 2 atom stereocenters. The molecule has 0 spiro atoms. The number of aliphatic carboxylic acids is 1. The topological polar surface area (TPSA) is 40.5 Å². The number of rotatable bonds is 9. The van der Waals surface area contributed by atoms with Gasteiger partial charge in [0, 0.05) is 6.54 Å². The summed E-state index contributed by atoms with van der Waals surface area (Å²) in [6.45, 7) is 9.48. The summed E-state index contributed by atoms with van der Waals surface area (Å²) < 4.78 is 0. The summed E-state index contributed by atoms with van der Waals surface area (Å²) in [5.41, 5.74) is -0.487. The number of carboxylic acids is 1. The fourth-order valence-corrected chi connectivity index (χ4v) is 3.53. The van der Waals surface area contributed by atoms with Crippen molar-refractivity contribution in [2.45, 2.75) is 72.1 Å². The molecule has 0 saturated heterocycles. The smallest absolute Gasteiger partial charge is 0.310 e. The Hall–Kier alpha value is -0.570. The molecule has 0 bridgehead atoms. The fourth-order valence-electron chi connectivity index (χ4n) is 3.53. The van der Waals surface area contributed by atoms with Crippen LogP contribution in [0.3, 0.4) is 0 Å². The molecule has 1 fully saturated rings. The maximum atomic E-state index is 11.9. The van der Waals surface area contributed by atoms with Gasteiger partial charge in [-0.05, 0) is 44.7 Å². The van der Waals surface area contributed by atoms with Crippen LogP contribution in [0.25, 0.3) is 0 Å². The number of carbonyl (C=O) groups is 1. The zero-order valence-corrected chi connectivity index (χ0v) is 13.7. The Morgan fingerprint density at radius 1 is 1.25 bits per heavy atom. The molecule has 20 heavy (non-hydrogen) atoms. The Morgan fingerprint density at radius 3 is 2.30 bits per heavy atom. The number of carboxylic acid groups (broad SMARTS) is 1. The molecule has 3 heteroatoms. The Labute approximate surface area is 124 Å². The summed E-state index contributed by atoms with van der Waals surface area (Å²) in [7, 11) is 0. The lowest BCUT2D eigenvalue weighted by atomic mass is 9.69. The summed E-state index contributed by atoms with van der Waals surface area (Å²) in [6, 6.07) is 0. The minimum absolute atomic E-state index is 0.487. The lowest BCUT2D eigenvalue weighted by Crippen LogP contribution is -2.46. The van der Waals surface area contributed by atoms with Crippen molar-refractivity contribution in [1.82, 2.24) is 4.90 Å². The van der Waals surface area contributed by atoms with E-state index in [9.17, 15) is 9.90 Å². The first-order valence-electron chi connectivity index (χ1n) is 8.50. The van der Waals surface area contributed by atoms with E-state index in [-0.39, 0.29) is 0 Å². The van der Waals surface area contributed by atoms with Gasteiger partial charge in [0.2, 0.25) is 0 Å². The van der Waals surface area contributed by atoms with Gasteiger partial charge in [-0.15, -0.1) is 0 Å². The van der Waals surface area contributed by atoms with E-state index in [4.69, 9.17) is 0 Å². The van der Waals surface area contributed by atoms with Gasteiger partial charge >= 0.3 is 5.97 Å². The largest absolute Gasteiger partial charge is 0.481 e. The van der Waals surface area contributed by atoms with Crippen molar-refractivity contribution in [2.75, 3.05) is 19.6 Å². The van der Waals surface area contributed by atoms with Crippen LogP contribution < -0.4 is 0 Å². The van der Waals surface area contributed by atoms with Gasteiger partial charge in [0.05, 0.1) is 5.41 Å². The molecule has 118 valence electrons. The molecule has 0 aromatic rings. The molecule has 1 rings (SSSR count). The van der Waals surface area contributed by atoms with Crippen molar-refractivity contribution in [3.63, 3.8) is 0 Å². The van der Waals surface area contributed by atoms with Gasteiger partial charge in [0.25, 0.3) is 0 Å². The van der Waals surface area contributed by atoms with E-state index >= 15 is 0 Å². The molecule has 1 aliphatic carbocycles. The highest BCUT2D eigenvalue weighted by molar-refractivity contribution is 5.75. The van der Waals surface area contributed by atoms with Crippen LogP contribution in [0.15, 0.2) is 0 Å². The van der Waals surface area contributed by atoms with E-state index < -0.39 is 11.4 Å². The van der Waals surface area contributed by atoms with E-state index in [0.717, 1.165) is 38.9 Å². The van der Waals surface area contributed by atoms with Gasteiger partial charge in [0.15, 0.2) is 0 Å². The van der Waals surface area contributed by atoms with Gasteiger partial charge in [-0.3, -0.25) is 4.79 Å². The number of nitrogens with zero attached hydrogens (tertiary/aromatic N) is 1. The lowest BCUT2D eigenvalue weighted by molar-refractivity contribution is -0.153. The summed E-state index contributed by atoms with van der Waals surface area (Å²) in [6.07, 6.45) is 8.70. The van der Waals surface area contributed by atoms with Crippen LogP contribution in [0.1, 0.15) is 72.1 Å². The van der Waals surface area contributed by atoms with E-state index in [1.54, 1.807) is 0 Å². The van der Waals surface area contributed by atoms with Crippen molar-refractivity contribution in [1.29, 1.82) is 0 Å². The molecule has 3 nitrogen and oxygen atoms in total. The summed E-state index contributed by atoms with van der Waals surface area (Å²) >= 11 is 0. The summed E-state index contributed by atoms with van der Waals surface area (Å²) in [5, 5.41) is 9.78. The Balaban J connectivity index is 2.70. The number of unbranched alkanes of at least 4 members (excludes halogenated alkanes) is 2. The average molecular weight is 283 g/mol. The standard InChI is InChI=1S/C17H33NO2/c1-4-6-11-18(12-7-5-2)14-17(16(19)20)10-8-9-15(3)13-17/h15H,4-14H2,1-3H3,(H,19,20). The first kappa shape index (κ1) is 17.5. The third-order valence-corrected chi connectivity index (χ3v) is 4.73. The number of hydrogen-bond acceptors (Lipinski definition) is 2. The quantitative estimate of drug-likeness (QED) is 0.690. The number of hydrogen-bond donors (Lipinski definition) is 1. The van der Waals surface area contributed by atoms with Gasteiger partial charge < -0.3 is 10.0 Å². The first-order chi connectivity index (χ1) is 9.54. The van der Waals surface area contributed by atoms with Crippen molar-refractivity contribution in [3.05, 3.63) is 0 Å². The maximum absolute atomic E-state index is 11.9. The molecule has 0 aromatic heterocycles. The molecular weight excluding hydrogens is 250 g/mol. The highest BCUT2D eigenvalue weighted by Gasteiger charge is 2.42. The minimum Gasteiger partial charge on any atom is -0.481 e. The van der Waals surface area contributed by atoms with Crippen molar-refractivity contribution in [2.24, 2.45) is 11.3 Å². The summed E-state index contributed by atoms with van der Waals surface area (Å²) in [5.74, 6) is -0.0129. The predicted molar refractivity (Wildman–Crippen MR) is 84.0 cm³/mol. The van der Waals surface area contributed by atoms with Crippen molar-refractivity contribution >= 4 is 5.97 Å². The van der Waals surface area contributed by atoms with Gasteiger partial charge in [-0.25, -0.2) is 0 Å². The molecule has 1 aliphatic rings. The van der Waals surface area contributed by atoms with Crippen LogP contribution in [-0.4, -0.2) is 35.6 Å². The van der Waals surface area contributed by atoms with Crippen LogP contribution in [0.2, 0.25) is 0 Å². The van der Waals surface area contributed by atoms with Crippen molar-refractivity contribution in [3.8, 4) is 0 Å². The van der Waals surface area contributed by atoms with Crippen LogP contribution in [0.5, 0.6) is 0 Å². The average Bonchev–Trinajstić information content (AvgIpc) is 2.41. The van der Waals surface area contributed by atoms with Crippen LogP contribution in [0, 0.1) is 11.3 Å². The van der Waals surface area contributed by atoms with Crippen molar-refractivity contribution < 1.29 is 9.90 Å². The molecule has 1 N–H and O–H groups in total. The second-order valence-corrected chi connectivity index (χ2v) is 6.77. The van der Waals surface area contributed by atoms with Gasteiger partial charge in [-0.1, -0.05) is 46.5 Å². The van der Waals surface area contributed by atoms with Crippen LogP contribution in [-0.2, 0) is 4.79 Å². The zero-order chi connectivity index (χ0) is 15.0. The Morgan fingerprint density at radius 2 is 1.85 bits per heavy atom. The zero-order valence-electron chi connectivity index (χ0n) is 13.7. The Bertz CT molecular complexity index is 285. The van der Waals surface area contributed by atoms with E-state index in [1.807, 2.05) is 0 Å². The molecule has 0 aliphatic heterocycles. The van der Waals surface area contributed by atoms with Gasteiger partial charge in [0.1, 0.15) is 0 Å². The van der Waals surface area contributed by atoms with Crippen LogP contribution >= 0.6 is 0 Å². The second kappa shape index (κ2) is 8.66. The van der Waals surface area contributed by atoms with Crippen LogP contribution in [0.4, 0.5) is 0 Å². The Kier molecular flexibility index (Phi) is 7.57. The monoisotopic (exact) mass is 283 g/mol. The summed E-state index contributed by atoms with van der Waals surface area (Å²) in [4.78, 5) is 14.3. The maximum Gasteiger partial charge on any atom is 0.310 e. The molecular formula is C17H33NO2. The lowest BCUT2D eigenvalue weighted by Gasteiger charge is -2.40. The molecule has 1 saturated carbocycles.